The maximum Gasteiger partial charge on any atom is 0.243 e. The Morgan fingerprint density at radius 2 is 2.15 bits per heavy atom. The number of nitrogens with one attached hydrogen (secondary N) is 1. The van der Waals surface area contributed by atoms with Crippen molar-refractivity contribution in [1.29, 1.82) is 0 Å². The first kappa shape index (κ1) is 19.3. The summed E-state index contributed by atoms with van der Waals surface area (Å²) in [4.78, 5) is 11.8. The fourth-order valence-electron chi connectivity index (χ4n) is 3.40. The smallest absolute Gasteiger partial charge is 0.243 e. The van der Waals surface area contributed by atoms with Crippen LogP contribution in [0, 0.1) is 5.92 Å². The molecule has 1 aromatic carbocycles. The van der Waals surface area contributed by atoms with E-state index in [9.17, 15) is 13.2 Å². The molecule has 7 nitrogen and oxygen atoms in total. The SMILES string of the molecule is C=CC(=O)NC1CCN(S(=O)(=O)c2cccc(-c3ccnn3C)c2)CC1C. The number of piperidine rings is 1. The summed E-state index contributed by atoms with van der Waals surface area (Å²) in [6.07, 6.45) is 3.49. The molecule has 1 amide bonds. The van der Waals surface area contributed by atoms with E-state index in [1.54, 1.807) is 29.1 Å². The summed E-state index contributed by atoms with van der Waals surface area (Å²) in [5.74, 6) is -0.218. The van der Waals surface area contributed by atoms with Crippen LogP contribution in [-0.2, 0) is 21.9 Å². The zero-order valence-electron chi connectivity index (χ0n) is 15.5. The number of carbonyl (C=O) groups is 1. The number of amides is 1. The normalized spacial score (nSPS) is 21.0. The molecule has 1 aliphatic rings. The highest BCUT2D eigenvalue weighted by molar-refractivity contribution is 7.89. The van der Waals surface area contributed by atoms with Crippen LogP contribution >= 0.6 is 0 Å². The van der Waals surface area contributed by atoms with Gasteiger partial charge < -0.3 is 5.32 Å². The van der Waals surface area contributed by atoms with Crippen molar-refractivity contribution in [2.24, 2.45) is 13.0 Å². The Hall–Kier alpha value is -2.45. The first-order chi connectivity index (χ1) is 12.8. The monoisotopic (exact) mass is 388 g/mol. The quantitative estimate of drug-likeness (QED) is 0.792. The van der Waals surface area contributed by atoms with Crippen molar-refractivity contribution in [1.82, 2.24) is 19.4 Å². The maximum absolute atomic E-state index is 13.1. The van der Waals surface area contributed by atoms with Crippen LogP contribution in [0.4, 0.5) is 0 Å². The topological polar surface area (TPSA) is 84.3 Å². The van der Waals surface area contributed by atoms with Gasteiger partial charge in [-0.15, -0.1) is 0 Å². The van der Waals surface area contributed by atoms with Gasteiger partial charge in [-0.1, -0.05) is 25.6 Å². The molecule has 0 spiro atoms. The van der Waals surface area contributed by atoms with Crippen LogP contribution in [0.3, 0.4) is 0 Å². The number of benzene rings is 1. The first-order valence-corrected chi connectivity index (χ1v) is 10.3. The van der Waals surface area contributed by atoms with E-state index in [0.29, 0.717) is 19.5 Å². The van der Waals surface area contributed by atoms with Crippen molar-refractivity contribution in [2.75, 3.05) is 13.1 Å². The number of nitrogens with zero attached hydrogens (tertiary/aromatic N) is 3. The zero-order chi connectivity index (χ0) is 19.6. The number of aromatic nitrogens is 2. The van der Waals surface area contributed by atoms with E-state index >= 15 is 0 Å². The first-order valence-electron chi connectivity index (χ1n) is 8.84. The largest absolute Gasteiger partial charge is 0.349 e. The molecule has 0 radical (unpaired) electrons. The van der Waals surface area contributed by atoms with Crippen molar-refractivity contribution in [3.8, 4) is 11.3 Å². The number of rotatable bonds is 5. The predicted molar refractivity (Wildman–Crippen MR) is 103 cm³/mol. The summed E-state index contributed by atoms with van der Waals surface area (Å²) in [6, 6.07) is 8.71. The Balaban J connectivity index is 1.80. The molecule has 0 aliphatic carbocycles. The average Bonchev–Trinajstić information content (AvgIpc) is 3.09. The summed E-state index contributed by atoms with van der Waals surface area (Å²) >= 11 is 0. The second-order valence-corrected chi connectivity index (χ2v) is 8.75. The molecule has 1 saturated heterocycles. The van der Waals surface area contributed by atoms with E-state index in [1.165, 1.54) is 10.4 Å². The average molecular weight is 388 g/mol. The minimum atomic E-state index is -3.61. The number of hydrogen-bond acceptors (Lipinski definition) is 4. The lowest BCUT2D eigenvalue weighted by Gasteiger charge is -2.36. The summed E-state index contributed by atoms with van der Waals surface area (Å²) in [5.41, 5.74) is 1.66. The van der Waals surface area contributed by atoms with Gasteiger partial charge in [0.25, 0.3) is 0 Å². The summed E-state index contributed by atoms with van der Waals surface area (Å²) in [7, 11) is -1.79. The Morgan fingerprint density at radius 3 is 2.78 bits per heavy atom. The van der Waals surface area contributed by atoms with E-state index in [2.05, 4.69) is 17.0 Å². The Kier molecular flexibility index (Phi) is 5.48. The maximum atomic E-state index is 13.1. The third kappa shape index (κ3) is 3.96. The van der Waals surface area contributed by atoms with Crippen LogP contribution in [0.5, 0.6) is 0 Å². The lowest BCUT2D eigenvalue weighted by molar-refractivity contribution is -0.117. The third-order valence-corrected chi connectivity index (χ3v) is 6.83. The lowest BCUT2D eigenvalue weighted by atomic mass is 9.95. The number of sulfonamides is 1. The van der Waals surface area contributed by atoms with Crippen LogP contribution < -0.4 is 5.32 Å². The molecule has 1 fully saturated rings. The molecule has 2 atom stereocenters. The molecule has 2 unspecified atom stereocenters. The molecule has 144 valence electrons. The molecule has 1 aromatic heterocycles. The van der Waals surface area contributed by atoms with Crippen molar-refractivity contribution in [2.45, 2.75) is 24.3 Å². The molecule has 2 heterocycles. The highest BCUT2D eigenvalue weighted by atomic mass is 32.2. The standard InChI is InChI=1S/C19H24N4O3S/c1-4-19(24)21-17-9-11-23(13-14(17)2)27(25,26)16-7-5-6-15(12-16)18-8-10-20-22(18)3/h4-8,10,12,14,17H,1,9,11,13H2,2-3H3,(H,21,24). The van der Waals surface area contributed by atoms with Crippen molar-refractivity contribution >= 4 is 15.9 Å². The Bertz CT molecular complexity index is 951. The van der Waals surface area contributed by atoms with Gasteiger partial charge in [0.15, 0.2) is 0 Å². The molecule has 3 rings (SSSR count). The predicted octanol–water partition coefficient (Wildman–Crippen LogP) is 1.79. The molecule has 27 heavy (non-hydrogen) atoms. The summed E-state index contributed by atoms with van der Waals surface area (Å²) in [6.45, 7) is 6.13. The van der Waals surface area contributed by atoms with E-state index in [4.69, 9.17) is 0 Å². The minimum Gasteiger partial charge on any atom is -0.349 e. The molecule has 1 aliphatic heterocycles. The van der Waals surface area contributed by atoms with Gasteiger partial charge in [-0.2, -0.15) is 9.40 Å². The lowest BCUT2D eigenvalue weighted by Crippen LogP contribution is -2.51. The Morgan fingerprint density at radius 1 is 1.37 bits per heavy atom. The molecule has 2 aromatic rings. The highest BCUT2D eigenvalue weighted by Gasteiger charge is 2.34. The van der Waals surface area contributed by atoms with Crippen LogP contribution in [0.2, 0.25) is 0 Å². The molecule has 0 saturated carbocycles. The van der Waals surface area contributed by atoms with Gasteiger partial charge in [0.1, 0.15) is 0 Å². The van der Waals surface area contributed by atoms with Crippen molar-refractivity contribution < 1.29 is 13.2 Å². The summed E-state index contributed by atoms with van der Waals surface area (Å²) in [5, 5.41) is 7.01. The molecular weight excluding hydrogens is 364 g/mol. The van der Waals surface area contributed by atoms with Gasteiger partial charge >= 0.3 is 0 Å². The van der Waals surface area contributed by atoms with Crippen LogP contribution in [0.1, 0.15) is 13.3 Å². The van der Waals surface area contributed by atoms with E-state index < -0.39 is 10.0 Å². The van der Waals surface area contributed by atoms with Gasteiger partial charge in [-0.25, -0.2) is 8.42 Å². The number of hydrogen-bond donors (Lipinski definition) is 1. The van der Waals surface area contributed by atoms with Crippen molar-refractivity contribution in [3.63, 3.8) is 0 Å². The van der Waals surface area contributed by atoms with Gasteiger partial charge in [-0.3, -0.25) is 9.48 Å². The minimum absolute atomic E-state index is 0.0117. The van der Waals surface area contributed by atoms with Crippen LogP contribution in [0.15, 0.2) is 54.1 Å². The summed E-state index contributed by atoms with van der Waals surface area (Å²) < 4.78 is 29.5. The fraction of sp³-hybridized carbons (Fsp3) is 0.368. The Labute approximate surface area is 159 Å². The highest BCUT2D eigenvalue weighted by Crippen LogP contribution is 2.27. The van der Waals surface area contributed by atoms with E-state index in [-0.39, 0.29) is 22.8 Å². The molecular formula is C19H24N4O3S. The van der Waals surface area contributed by atoms with Gasteiger partial charge in [0.2, 0.25) is 15.9 Å². The zero-order valence-corrected chi connectivity index (χ0v) is 16.3. The van der Waals surface area contributed by atoms with Crippen LogP contribution in [-0.4, -0.2) is 47.5 Å². The molecule has 1 N–H and O–H groups in total. The number of carbonyl (C=O) groups excluding carboxylic acids is 1. The van der Waals surface area contributed by atoms with Gasteiger partial charge in [0.05, 0.1) is 10.6 Å². The molecule has 0 bridgehead atoms. The van der Waals surface area contributed by atoms with Gasteiger partial charge in [-0.05, 0) is 36.6 Å². The van der Waals surface area contributed by atoms with E-state index in [0.717, 1.165) is 11.3 Å². The number of aryl methyl sites for hydroxylation is 1. The van der Waals surface area contributed by atoms with Gasteiger partial charge in [0, 0.05) is 37.9 Å². The second kappa shape index (κ2) is 7.66. The van der Waals surface area contributed by atoms with E-state index in [1.807, 2.05) is 26.1 Å². The second-order valence-electron chi connectivity index (χ2n) is 6.82. The third-order valence-electron chi connectivity index (χ3n) is 4.97. The van der Waals surface area contributed by atoms with Crippen molar-refractivity contribution in [3.05, 3.63) is 49.2 Å². The molecule has 8 heteroatoms. The van der Waals surface area contributed by atoms with Crippen LogP contribution in [0.25, 0.3) is 11.3 Å². The fourth-order valence-corrected chi connectivity index (χ4v) is 5.01.